The quantitative estimate of drug-likeness (QED) is 0.0204. The number of rotatable bonds is 54. The Hall–Kier alpha value is -2.57. The van der Waals surface area contributed by atoms with Gasteiger partial charge in [-0.05, 0) is 64.2 Å². The van der Waals surface area contributed by atoms with E-state index in [0.717, 1.165) is 70.6 Å². The van der Waals surface area contributed by atoms with Crippen molar-refractivity contribution in [2.45, 2.75) is 338 Å². The van der Waals surface area contributed by atoms with Gasteiger partial charge in [0.05, 0.1) is 32.0 Å². The van der Waals surface area contributed by atoms with Gasteiger partial charge in [-0.15, -0.1) is 0 Å². The first-order chi connectivity index (χ1) is 40.6. The SMILES string of the molecule is CC/C=C\C/C=C\C/C=C\C/C=C\C/C=C\CCCCCCCCCCCCCCCCCCCC(=O)NC(COC1OC(CO)C(OC2OC(CO)C(O)C(O)C2O)C(O)C1O)C(O)/C=C/CCCCCCCCCCCCCCCC. The van der Waals surface area contributed by atoms with Gasteiger partial charge in [-0.2, -0.15) is 0 Å². The molecule has 0 aromatic carbocycles. The molecule has 83 heavy (non-hydrogen) atoms. The molecular weight excluding hydrogens is 1050 g/mol. The number of amides is 1. The number of carbonyl (C=O) groups excluding carboxylic acids is 1. The van der Waals surface area contributed by atoms with E-state index in [1.165, 1.54) is 167 Å². The molecule has 2 rings (SSSR count). The molecule has 0 aromatic heterocycles. The first-order valence-corrected chi connectivity index (χ1v) is 33.7. The van der Waals surface area contributed by atoms with E-state index in [4.69, 9.17) is 18.9 Å². The highest BCUT2D eigenvalue weighted by Gasteiger charge is 2.51. The summed E-state index contributed by atoms with van der Waals surface area (Å²) in [7, 11) is 0. The van der Waals surface area contributed by atoms with Gasteiger partial charge in [0.2, 0.25) is 5.91 Å². The largest absolute Gasteiger partial charge is 0.394 e. The molecule has 1 amide bonds. The van der Waals surface area contributed by atoms with E-state index in [0.29, 0.717) is 6.42 Å². The van der Waals surface area contributed by atoms with E-state index in [1.54, 1.807) is 6.08 Å². The minimum atomic E-state index is -1.79. The van der Waals surface area contributed by atoms with Gasteiger partial charge in [0, 0.05) is 6.42 Å². The average molecular weight is 1170 g/mol. The fourth-order valence-corrected chi connectivity index (χ4v) is 10.8. The van der Waals surface area contributed by atoms with Crippen molar-refractivity contribution in [2.24, 2.45) is 0 Å². The third-order valence-corrected chi connectivity index (χ3v) is 16.1. The highest BCUT2D eigenvalue weighted by atomic mass is 16.7. The lowest BCUT2D eigenvalue weighted by Gasteiger charge is -2.46. The van der Waals surface area contributed by atoms with E-state index < -0.39 is 86.8 Å². The summed E-state index contributed by atoms with van der Waals surface area (Å²) in [4.78, 5) is 13.3. The number of allylic oxidation sites excluding steroid dienone is 11. The molecule has 0 spiro atoms. The maximum atomic E-state index is 13.3. The van der Waals surface area contributed by atoms with Gasteiger partial charge < -0.3 is 65.1 Å². The van der Waals surface area contributed by atoms with Crippen molar-refractivity contribution in [3.05, 3.63) is 72.9 Å². The van der Waals surface area contributed by atoms with Crippen LogP contribution in [0.3, 0.4) is 0 Å². The smallest absolute Gasteiger partial charge is 0.220 e. The molecule has 2 aliphatic heterocycles. The molecule has 2 fully saturated rings. The number of aliphatic hydroxyl groups excluding tert-OH is 8. The molecule has 12 atom stereocenters. The second kappa shape index (κ2) is 53.7. The second-order valence-corrected chi connectivity index (χ2v) is 23.6. The number of nitrogens with one attached hydrogen (secondary N) is 1. The summed E-state index contributed by atoms with van der Waals surface area (Å²) in [5.74, 6) is -0.238. The van der Waals surface area contributed by atoms with Gasteiger partial charge in [0.15, 0.2) is 12.6 Å². The summed E-state index contributed by atoms with van der Waals surface area (Å²) in [6.45, 7) is 2.70. The lowest BCUT2D eigenvalue weighted by Crippen LogP contribution is -2.65. The number of aliphatic hydroxyl groups is 8. The zero-order valence-electron chi connectivity index (χ0n) is 52.2. The molecule has 12 unspecified atom stereocenters. The third-order valence-electron chi connectivity index (χ3n) is 16.1. The summed E-state index contributed by atoms with van der Waals surface area (Å²) < 4.78 is 22.8. The van der Waals surface area contributed by atoms with Crippen LogP contribution in [-0.4, -0.2) is 140 Å². The number of hydrogen-bond acceptors (Lipinski definition) is 13. The molecule has 2 aliphatic rings. The van der Waals surface area contributed by atoms with Crippen molar-refractivity contribution >= 4 is 5.91 Å². The van der Waals surface area contributed by atoms with E-state index in [1.807, 2.05) is 6.08 Å². The number of unbranched alkanes of at least 4 members (excludes halogenated alkanes) is 31. The first kappa shape index (κ1) is 76.5. The van der Waals surface area contributed by atoms with E-state index in [-0.39, 0.29) is 18.9 Å². The maximum absolute atomic E-state index is 13.3. The highest BCUT2D eigenvalue weighted by Crippen LogP contribution is 2.30. The Bertz CT molecular complexity index is 1670. The minimum absolute atomic E-state index is 0.238. The summed E-state index contributed by atoms with van der Waals surface area (Å²) in [5, 5.41) is 87.3. The van der Waals surface area contributed by atoms with Crippen molar-refractivity contribution < 1.29 is 64.6 Å². The fourth-order valence-electron chi connectivity index (χ4n) is 10.8. The molecule has 14 nitrogen and oxygen atoms in total. The lowest BCUT2D eigenvalue weighted by atomic mass is 9.97. The van der Waals surface area contributed by atoms with E-state index in [9.17, 15) is 45.6 Å². The van der Waals surface area contributed by atoms with Crippen LogP contribution >= 0.6 is 0 Å². The van der Waals surface area contributed by atoms with Gasteiger partial charge in [-0.3, -0.25) is 4.79 Å². The first-order valence-electron chi connectivity index (χ1n) is 33.7. The molecule has 482 valence electrons. The van der Waals surface area contributed by atoms with Crippen molar-refractivity contribution in [3.8, 4) is 0 Å². The van der Waals surface area contributed by atoms with Crippen molar-refractivity contribution in [2.75, 3.05) is 19.8 Å². The zero-order chi connectivity index (χ0) is 60.2. The van der Waals surface area contributed by atoms with Crippen LogP contribution in [0.4, 0.5) is 0 Å². The predicted molar refractivity (Wildman–Crippen MR) is 337 cm³/mol. The number of ether oxygens (including phenoxy) is 4. The summed E-state index contributed by atoms with van der Waals surface area (Å²) in [6.07, 6.45) is 55.2. The predicted octanol–water partition coefficient (Wildman–Crippen LogP) is 13.1. The van der Waals surface area contributed by atoms with E-state index >= 15 is 0 Å². The highest BCUT2D eigenvalue weighted by molar-refractivity contribution is 5.76. The molecule has 2 heterocycles. The minimum Gasteiger partial charge on any atom is -0.394 e. The van der Waals surface area contributed by atoms with Crippen LogP contribution in [0.2, 0.25) is 0 Å². The molecule has 9 N–H and O–H groups in total. The number of hydrogen-bond donors (Lipinski definition) is 9. The zero-order valence-corrected chi connectivity index (χ0v) is 52.2. The Labute approximate surface area is 504 Å². The van der Waals surface area contributed by atoms with Gasteiger partial charge in [0.25, 0.3) is 0 Å². The second-order valence-electron chi connectivity index (χ2n) is 23.6. The van der Waals surface area contributed by atoms with Gasteiger partial charge in [-0.25, -0.2) is 0 Å². The molecule has 0 bridgehead atoms. The standard InChI is InChI=1S/C69H123NO13/c1-3-5-7-9-11-13-15-17-19-21-22-23-24-25-26-27-28-29-30-31-32-33-34-35-36-37-39-41-43-45-47-49-51-53-61(74)70-57(58(73)52-50-48-46-44-42-40-38-20-18-16-14-12-10-8-6-4-2)56-80-68-66(79)64(77)67(60(55-72)82-68)83-69-65(78)63(76)62(75)59(54-71)81-69/h5,7,11,13,17,19,22-23,25-26,50,52,57-60,62-69,71-73,75-79H,3-4,6,8-10,12,14-16,18,20-21,24,27-49,51,53-56H2,1-2H3,(H,70,74)/b7-5-,13-11-,19-17-,23-22-,26-25-,52-50+. The molecule has 14 heteroatoms. The van der Waals surface area contributed by atoms with Crippen LogP contribution in [-0.2, 0) is 23.7 Å². The number of carbonyl (C=O) groups is 1. The molecule has 0 aliphatic carbocycles. The Morgan fingerprint density at radius 1 is 0.446 bits per heavy atom. The summed E-state index contributed by atoms with van der Waals surface area (Å²) >= 11 is 0. The average Bonchev–Trinajstić information content (AvgIpc) is 3.63. The van der Waals surface area contributed by atoms with Gasteiger partial charge in [0.1, 0.15) is 48.8 Å². The van der Waals surface area contributed by atoms with Gasteiger partial charge >= 0.3 is 0 Å². The molecule has 0 aromatic rings. The van der Waals surface area contributed by atoms with E-state index in [2.05, 4.69) is 79.9 Å². The normalized spacial score (nSPS) is 24.3. The van der Waals surface area contributed by atoms with Crippen molar-refractivity contribution in [1.29, 1.82) is 0 Å². The lowest BCUT2D eigenvalue weighted by molar-refractivity contribution is -0.359. The Balaban J connectivity index is 1.64. The molecule has 0 saturated carbocycles. The topological polar surface area (TPSA) is 228 Å². The molecule has 2 saturated heterocycles. The van der Waals surface area contributed by atoms with Crippen molar-refractivity contribution in [3.63, 3.8) is 0 Å². The molecule has 0 radical (unpaired) electrons. The Morgan fingerprint density at radius 2 is 0.831 bits per heavy atom. The molecular formula is C69H123NO13. The van der Waals surface area contributed by atoms with Crippen LogP contribution < -0.4 is 5.32 Å². The van der Waals surface area contributed by atoms with Gasteiger partial charge in [-0.1, -0.05) is 267 Å². The van der Waals surface area contributed by atoms with Crippen LogP contribution in [0.1, 0.15) is 264 Å². The summed E-state index contributed by atoms with van der Waals surface area (Å²) in [5.41, 5.74) is 0. The van der Waals surface area contributed by atoms with Crippen LogP contribution in [0.5, 0.6) is 0 Å². The van der Waals surface area contributed by atoms with Crippen LogP contribution in [0.15, 0.2) is 72.9 Å². The monoisotopic (exact) mass is 1170 g/mol. The van der Waals surface area contributed by atoms with Crippen LogP contribution in [0.25, 0.3) is 0 Å². The summed E-state index contributed by atoms with van der Waals surface area (Å²) in [6, 6.07) is -0.916. The van der Waals surface area contributed by atoms with Crippen molar-refractivity contribution in [1.82, 2.24) is 5.32 Å². The maximum Gasteiger partial charge on any atom is 0.220 e. The Morgan fingerprint density at radius 3 is 1.28 bits per heavy atom. The fraction of sp³-hybridized carbons (Fsp3) is 0.812. The Kier molecular flexibility index (Phi) is 49.5. The van der Waals surface area contributed by atoms with Crippen LogP contribution in [0, 0.1) is 0 Å². The third kappa shape index (κ3) is 38.4.